The summed E-state index contributed by atoms with van der Waals surface area (Å²) < 4.78 is 2.09. The summed E-state index contributed by atoms with van der Waals surface area (Å²) in [5.74, 6) is 1.56. The molecule has 0 saturated carbocycles. The molecule has 0 N–H and O–H groups in total. The summed E-state index contributed by atoms with van der Waals surface area (Å²) in [7, 11) is 0. The second-order valence-electron chi connectivity index (χ2n) is 15.9. The fraction of sp³-hybridized carbons (Fsp3) is 0.739. The Labute approximate surface area is 330 Å². The van der Waals surface area contributed by atoms with Gasteiger partial charge in [-0.3, -0.25) is 9.80 Å². The number of benzene rings is 2. The van der Waals surface area contributed by atoms with Gasteiger partial charge < -0.3 is 0 Å². The Bertz CT molecular complexity index is 1400. The molecule has 4 aromatic rings. The lowest BCUT2D eigenvalue weighted by Crippen LogP contribution is -2.36. The van der Waals surface area contributed by atoms with Crippen LogP contribution in [-0.4, -0.2) is 66.0 Å². The van der Waals surface area contributed by atoms with Crippen LogP contribution in [0.4, 0.5) is 0 Å². The van der Waals surface area contributed by atoms with Gasteiger partial charge >= 0.3 is 0 Å². The lowest BCUT2D eigenvalue weighted by molar-refractivity contribution is 0.139. The van der Waals surface area contributed by atoms with Crippen LogP contribution < -0.4 is 0 Å². The maximum absolute atomic E-state index is 4.65. The number of nitrogens with zero attached hydrogens (tertiary/aromatic N) is 8. The van der Waals surface area contributed by atoms with Crippen LogP contribution >= 0.6 is 0 Å². The molecule has 2 aromatic carbocycles. The van der Waals surface area contributed by atoms with Crippen LogP contribution in [0.3, 0.4) is 0 Å². The predicted molar refractivity (Wildman–Crippen MR) is 232 cm³/mol. The summed E-state index contributed by atoms with van der Waals surface area (Å²) in [6, 6.07) is 16.5. The van der Waals surface area contributed by atoms with Gasteiger partial charge in [0.25, 0.3) is 0 Å². The van der Waals surface area contributed by atoms with E-state index in [1.807, 2.05) is 35.1 Å². The maximum atomic E-state index is 4.65. The summed E-state index contributed by atoms with van der Waals surface area (Å²) in [4.78, 5) is 7.09. The molecule has 4 rings (SSSR count). The van der Waals surface area contributed by atoms with E-state index in [4.69, 9.17) is 0 Å². The van der Waals surface area contributed by atoms with E-state index >= 15 is 0 Å². The van der Waals surface area contributed by atoms with Crippen LogP contribution in [0.1, 0.15) is 170 Å². The van der Waals surface area contributed by atoms with Gasteiger partial charge in [-0.25, -0.2) is 4.68 Å². The third-order valence-electron chi connectivity index (χ3n) is 11.2. The van der Waals surface area contributed by atoms with Gasteiger partial charge in [0.1, 0.15) is 23.2 Å². The zero-order chi connectivity index (χ0) is 38.6. The van der Waals surface area contributed by atoms with Crippen molar-refractivity contribution in [3.05, 3.63) is 48.5 Å². The van der Waals surface area contributed by atoms with Crippen molar-refractivity contribution >= 4 is 22.1 Å². The van der Waals surface area contributed by atoms with E-state index in [0.29, 0.717) is 0 Å². The molecular formula is C46H80N8. The van der Waals surface area contributed by atoms with E-state index in [1.54, 1.807) is 0 Å². The monoisotopic (exact) mass is 745 g/mol. The van der Waals surface area contributed by atoms with Crippen LogP contribution in [0.2, 0.25) is 0 Å². The van der Waals surface area contributed by atoms with Crippen molar-refractivity contribution in [3.8, 4) is 0 Å². The van der Waals surface area contributed by atoms with Gasteiger partial charge in [-0.15, -0.1) is 5.10 Å². The standard InChI is InChI=1S/2C23H40N4/c1-5-9-13-20(7-3)17-26(18-21(8-4)14-10-6-2)19-27-23-16-12-11-15-22(23)24-25-27;1-3-5-7-9-11-15-19-26(20-16-12-10-8-6-4-2)21-27-24-22-17-13-14-18-23(22)25-27/h11-12,15-16,20-21H,5-10,13-14,17-19H2,1-4H3;13-14,17-18H,3-12,15-16,19-21H2,1-2H3. The van der Waals surface area contributed by atoms with Crippen LogP contribution in [0.5, 0.6) is 0 Å². The molecule has 0 aliphatic carbocycles. The molecule has 304 valence electrons. The van der Waals surface area contributed by atoms with E-state index < -0.39 is 0 Å². The van der Waals surface area contributed by atoms with Crippen molar-refractivity contribution in [1.82, 2.24) is 39.8 Å². The first-order valence-corrected chi connectivity index (χ1v) is 22.6. The summed E-state index contributed by atoms with van der Waals surface area (Å²) in [5, 5.41) is 18.1. The fourth-order valence-electron chi connectivity index (χ4n) is 7.60. The third-order valence-corrected chi connectivity index (χ3v) is 11.2. The largest absolute Gasteiger partial charge is 0.284 e. The van der Waals surface area contributed by atoms with Crippen molar-refractivity contribution in [2.24, 2.45) is 11.8 Å². The van der Waals surface area contributed by atoms with Gasteiger partial charge in [-0.05, 0) is 74.9 Å². The summed E-state index contributed by atoms with van der Waals surface area (Å²) in [6.45, 7) is 20.2. The Morgan fingerprint density at radius 2 is 0.963 bits per heavy atom. The number of hydrogen-bond donors (Lipinski definition) is 0. The van der Waals surface area contributed by atoms with Crippen LogP contribution in [0, 0.1) is 11.8 Å². The second-order valence-corrected chi connectivity index (χ2v) is 15.9. The zero-order valence-electron chi connectivity index (χ0n) is 35.7. The Morgan fingerprint density at radius 1 is 0.500 bits per heavy atom. The van der Waals surface area contributed by atoms with Crippen molar-refractivity contribution in [3.63, 3.8) is 0 Å². The first kappa shape index (κ1) is 45.5. The Balaban J connectivity index is 0.000000290. The molecule has 54 heavy (non-hydrogen) atoms. The Morgan fingerprint density at radius 3 is 1.46 bits per heavy atom. The molecule has 0 bridgehead atoms. The lowest BCUT2D eigenvalue weighted by Gasteiger charge is -2.30. The fourth-order valence-corrected chi connectivity index (χ4v) is 7.60. The molecule has 8 heteroatoms. The highest BCUT2D eigenvalue weighted by atomic mass is 15.5. The number of rotatable bonds is 30. The summed E-state index contributed by atoms with van der Waals surface area (Å²) >= 11 is 0. The highest BCUT2D eigenvalue weighted by Crippen LogP contribution is 2.21. The van der Waals surface area contributed by atoms with Crippen molar-refractivity contribution in [2.75, 3.05) is 26.2 Å². The summed E-state index contributed by atoms with van der Waals surface area (Å²) in [6.07, 6.45) is 26.7. The van der Waals surface area contributed by atoms with E-state index in [-0.39, 0.29) is 0 Å². The topological polar surface area (TPSA) is 67.9 Å². The molecule has 2 heterocycles. The van der Waals surface area contributed by atoms with Crippen molar-refractivity contribution in [2.45, 2.75) is 183 Å². The van der Waals surface area contributed by atoms with Gasteiger partial charge in [0.2, 0.25) is 0 Å². The highest BCUT2D eigenvalue weighted by Gasteiger charge is 2.19. The molecule has 0 spiro atoms. The minimum atomic E-state index is 0.781. The average Bonchev–Trinajstić information content (AvgIpc) is 3.81. The zero-order valence-corrected chi connectivity index (χ0v) is 35.7. The molecule has 0 saturated heterocycles. The summed E-state index contributed by atoms with van der Waals surface area (Å²) in [5.41, 5.74) is 4.13. The molecule has 8 nitrogen and oxygen atoms in total. The van der Waals surface area contributed by atoms with E-state index in [0.717, 1.165) is 47.2 Å². The normalized spacial score (nSPS) is 12.9. The highest BCUT2D eigenvalue weighted by molar-refractivity contribution is 5.74. The minimum absolute atomic E-state index is 0.781. The molecule has 0 fully saturated rings. The SMILES string of the molecule is CCCCC(CC)CN(CC(CC)CCCC)Cn1nnc2ccccc21.CCCCCCCCN(CCCCCCCC)Cn1nc2ccccc2n1. The second kappa shape index (κ2) is 28.6. The van der Waals surface area contributed by atoms with Crippen molar-refractivity contribution < 1.29 is 0 Å². The number of fused-ring (bicyclic) bond motifs is 2. The van der Waals surface area contributed by atoms with Crippen LogP contribution in [-0.2, 0) is 13.3 Å². The molecule has 2 aromatic heterocycles. The quantitative estimate of drug-likeness (QED) is 0.0495. The number of hydrogen-bond acceptors (Lipinski definition) is 6. The van der Waals surface area contributed by atoms with E-state index in [2.05, 4.69) is 94.7 Å². The molecule has 0 radical (unpaired) electrons. The van der Waals surface area contributed by atoms with E-state index in [1.165, 1.54) is 155 Å². The van der Waals surface area contributed by atoms with Gasteiger partial charge in [0, 0.05) is 13.1 Å². The number of para-hydroxylation sites is 1. The smallest absolute Gasteiger partial charge is 0.113 e. The lowest BCUT2D eigenvalue weighted by atomic mass is 9.96. The Kier molecular flexibility index (Phi) is 24.1. The van der Waals surface area contributed by atoms with Crippen LogP contribution in [0.25, 0.3) is 22.1 Å². The van der Waals surface area contributed by atoms with Gasteiger partial charge in [-0.1, -0.05) is 174 Å². The minimum Gasteiger partial charge on any atom is -0.284 e. The molecule has 2 atom stereocenters. The molecule has 0 amide bonds. The number of unbranched alkanes of at least 4 members (excludes halogenated alkanes) is 12. The van der Waals surface area contributed by atoms with Crippen LogP contribution in [0.15, 0.2) is 48.5 Å². The predicted octanol–water partition coefficient (Wildman–Crippen LogP) is 12.5. The van der Waals surface area contributed by atoms with Crippen molar-refractivity contribution in [1.29, 1.82) is 0 Å². The maximum Gasteiger partial charge on any atom is 0.113 e. The average molecular weight is 745 g/mol. The van der Waals surface area contributed by atoms with Gasteiger partial charge in [0.05, 0.1) is 12.2 Å². The molecule has 2 unspecified atom stereocenters. The molecule has 0 aliphatic heterocycles. The van der Waals surface area contributed by atoms with Gasteiger partial charge in [-0.2, -0.15) is 15.0 Å². The van der Waals surface area contributed by atoms with Gasteiger partial charge in [0.15, 0.2) is 0 Å². The van der Waals surface area contributed by atoms with E-state index in [9.17, 15) is 0 Å². The first-order chi connectivity index (χ1) is 26.5. The molecule has 0 aliphatic rings. The number of aromatic nitrogens is 6. The first-order valence-electron chi connectivity index (χ1n) is 22.6. The third kappa shape index (κ3) is 17.7. The Hall–Kier alpha value is -2.84. The molecular weight excluding hydrogens is 665 g/mol.